The summed E-state index contributed by atoms with van der Waals surface area (Å²) in [5.74, 6) is 1.36. The molecule has 2 aromatic rings. The van der Waals surface area contributed by atoms with E-state index in [-0.39, 0.29) is 5.41 Å². The highest BCUT2D eigenvalue weighted by atomic mass is 32.2. The summed E-state index contributed by atoms with van der Waals surface area (Å²) in [6, 6.07) is 6.46. The van der Waals surface area contributed by atoms with Gasteiger partial charge in [0.1, 0.15) is 16.7 Å². The molecule has 0 amide bonds. The van der Waals surface area contributed by atoms with Crippen molar-refractivity contribution < 1.29 is 0 Å². The lowest BCUT2D eigenvalue weighted by Crippen LogP contribution is -2.18. The lowest BCUT2D eigenvalue weighted by molar-refractivity contribution is 0.538. The molecular formula is C17H23N3S. The van der Waals surface area contributed by atoms with Crippen molar-refractivity contribution in [2.75, 3.05) is 5.73 Å². The topological polar surface area (TPSA) is 51.8 Å². The van der Waals surface area contributed by atoms with Crippen molar-refractivity contribution in [2.24, 2.45) is 0 Å². The van der Waals surface area contributed by atoms with Crippen LogP contribution in [0.4, 0.5) is 5.82 Å². The third-order valence-electron chi connectivity index (χ3n) is 3.36. The van der Waals surface area contributed by atoms with Gasteiger partial charge in [0.05, 0.1) is 0 Å². The molecule has 0 aliphatic carbocycles. The Labute approximate surface area is 131 Å². The molecule has 21 heavy (non-hydrogen) atoms. The minimum Gasteiger partial charge on any atom is -0.383 e. The van der Waals surface area contributed by atoms with E-state index < -0.39 is 0 Å². The standard InChI is InChI=1S/C17H23N3S/c1-10-7-8-11(2)13(9-10)21-15-12(3)14(18)19-16(20-15)17(4,5)6/h7-9H,1-6H3,(H2,18,19,20). The van der Waals surface area contributed by atoms with Crippen LogP contribution >= 0.6 is 11.8 Å². The molecule has 0 bridgehead atoms. The van der Waals surface area contributed by atoms with Crippen LogP contribution in [0.5, 0.6) is 0 Å². The molecule has 0 saturated heterocycles. The van der Waals surface area contributed by atoms with Crippen LogP contribution in [0.15, 0.2) is 28.1 Å². The maximum Gasteiger partial charge on any atom is 0.137 e. The van der Waals surface area contributed by atoms with E-state index in [0.717, 1.165) is 16.4 Å². The molecule has 0 aliphatic heterocycles. The maximum absolute atomic E-state index is 6.08. The Balaban J connectivity index is 2.49. The van der Waals surface area contributed by atoms with Crippen molar-refractivity contribution in [1.82, 2.24) is 9.97 Å². The van der Waals surface area contributed by atoms with E-state index in [2.05, 4.69) is 57.8 Å². The highest BCUT2D eigenvalue weighted by Crippen LogP contribution is 2.34. The lowest BCUT2D eigenvalue weighted by atomic mass is 9.95. The van der Waals surface area contributed by atoms with Crippen LogP contribution in [-0.4, -0.2) is 9.97 Å². The van der Waals surface area contributed by atoms with Gasteiger partial charge in [-0.3, -0.25) is 0 Å². The number of nitrogens with two attached hydrogens (primary N) is 1. The highest BCUT2D eigenvalue weighted by Gasteiger charge is 2.21. The molecule has 0 radical (unpaired) electrons. The van der Waals surface area contributed by atoms with Gasteiger partial charge in [-0.05, 0) is 38.0 Å². The molecule has 1 aromatic heterocycles. The predicted octanol–water partition coefficient (Wildman–Crippen LogP) is 4.43. The average Bonchev–Trinajstić information content (AvgIpc) is 2.37. The predicted molar refractivity (Wildman–Crippen MR) is 89.9 cm³/mol. The Morgan fingerprint density at radius 3 is 2.33 bits per heavy atom. The van der Waals surface area contributed by atoms with Crippen LogP contribution in [-0.2, 0) is 5.41 Å². The normalized spacial score (nSPS) is 11.7. The van der Waals surface area contributed by atoms with Gasteiger partial charge in [-0.25, -0.2) is 9.97 Å². The number of aromatic nitrogens is 2. The van der Waals surface area contributed by atoms with E-state index in [0.29, 0.717) is 5.82 Å². The summed E-state index contributed by atoms with van der Waals surface area (Å²) < 4.78 is 0. The first-order valence-corrected chi connectivity index (χ1v) is 7.90. The zero-order chi connectivity index (χ0) is 15.8. The SMILES string of the molecule is Cc1ccc(C)c(Sc2nc(C(C)(C)C)nc(N)c2C)c1. The number of hydrogen-bond acceptors (Lipinski definition) is 4. The molecule has 0 aliphatic rings. The Hall–Kier alpha value is -1.55. The van der Waals surface area contributed by atoms with Gasteiger partial charge >= 0.3 is 0 Å². The first-order chi connectivity index (χ1) is 9.68. The Kier molecular flexibility index (Phi) is 4.28. The molecule has 0 atom stereocenters. The van der Waals surface area contributed by atoms with Gasteiger partial charge in [0.2, 0.25) is 0 Å². The minimum atomic E-state index is -0.112. The van der Waals surface area contributed by atoms with Crippen molar-refractivity contribution in [2.45, 2.75) is 56.9 Å². The second-order valence-corrected chi connectivity index (χ2v) is 7.51. The van der Waals surface area contributed by atoms with Gasteiger partial charge in [0, 0.05) is 15.9 Å². The first kappa shape index (κ1) is 15.8. The largest absolute Gasteiger partial charge is 0.383 e. The summed E-state index contributed by atoms with van der Waals surface area (Å²) >= 11 is 1.67. The van der Waals surface area contributed by atoms with E-state index >= 15 is 0 Å². The summed E-state index contributed by atoms with van der Waals surface area (Å²) in [7, 11) is 0. The Bertz CT molecular complexity index is 672. The maximum atomic E-state index is 6.08. The zero-order valence-corrected chi connectivity index (χ0v) is 14.4. The molecule has 0 fully saturated rings. The Morgan fingerprint density at radius 2 is 1.71 bits per heavy atom. The molecule has 2 rings (SSSR count). The second-order valence-electron chi connectivity index (χ2n) is 6.48. The summed E-state index contributed by atoms with van der Waals surface area (Å²) in [6.07, 6.45) is 0. The molecule has 0 saturated carbocycles. The van der Waals surface area contributed by atoms with Crippen LogP contribution < -0.4 is 5.73 Å². The summed E-state index contributed by atoms with van der Waals surface area (Å²) in [5.41, 5.74) is 9.41. The number of anilines is 1. The summed E-state index contributed by atoms with van der Waals surface area (Å²) in [5, 5.41) is 0.945. The van der Waals surface area contributed by atoms with E-state index in [4.69, 9.17) is 10.7 Å². The van der Waals surface area contributed by atoms with E-state index in [1.807, 2.05) is 6.92 Å². The Morgan fingerprint density at radius 1 is 1.05 bits per heavy atom. The van der Waals surface area contributed by atoms with E-state index in [1.54, 1.807) is 11.8 Å². The monoisotopic (exact) mass is 301 g/mol. The van der Waals surface area contributed by atoms with Crippen molar-refractivity contribution in [3.63, 3.8) is 0 Å². The van der Waals surface area contributed by atoms with Crippen LogP contribution in [0.1, 0.15) is 43.3 Å². The number of benzene rings is 1. The average molecular weight is 301 g/mol. The van der Waals surface area contributed by atoms with Crippen molar-refractivity contribution in [1.29, 1.82) is 0 Å². The number of hydrogen-bond donors (Lipinski definition) is 1. The third-order valence-corrected chi connectivity index (χ3v) is 4.61. The van der Waals surface area contributed by atoms with E-state index in [1.165, 1.54) is 16.0 Å². The van der Waals surface area contributed by atoms with Crippen molar-refractivity contribution in [3.8, 4) is 0 Å². The molecule has 3 nitrogen and oxygen atoms in total. The summed E-state index contributed by atoms with van der Waals surface area (Å²) in [4.78, 5) is 10.4. The molecule has 4 heteroatoms. The van der Waals surface area contributed by atoms with Crippen LogP contribution in [0.3, 0.4) is 0 Å². The third kappa shape index (κ3) is 3.56. The zero-order valence-electron chi connectivity index (χ0n) is 13.6. The lowest BCUT2D eigenvalue weighted by Gasteiger charge is -2.19. The van der Waals surface area contributed by atoms with Crippen LogP contribution in [0.25, 0.3) is 0 Å². The van der Waals surface area contributed by atoms with E-state index in [9.17, 15) is 0 Å². The first-order valence-electron chi connectivity index (χ1n) is 7.08. The van der Waals surface area contributed by atoms with Gasteiger partial charge in [0.25, 0.3) is 0 Å². The molecule has 112 valence electrons. The molecule has 1 aromatic carbocycles. The number of nitrogens with zero attached hydrogens (tertiary/aromatic N) is 2. The fourth-order valence-corrected chi connectivity index (χ4v) is 2.94. The van der Waals surface area contributed by atoms with Gasteiger partial charge < -0.3 is 5.73 Å². The van der Waals surface area contributed by atoms with Crippen molar-refractivity contribution in [3.05, 3.63) is 40.7 Å². The quantitative estimate of drug-likeness (QED) is 0.834. The van der Waals surface area contributed by atoms with Gasteiger partial charge in [-0.15, -0.1) is 0 Å². The second kappa shape index (κ2) is 5.68. The summed E-state index contributed by atoms with van der Waals surface area (Å²) in [6.45, 7) is 12.5. The fourth-order valence-electron chi connectivity index (χ4n) is 1.87. The number of rotatable bonds is 2. The molecule has 2 N–H and O–H groups in total. The molecular weight excluding hydrogens is 278 g/mol. The van der Waals surface area contributed by atoms with Gasteiger partial charge in [-0.2, -0.15) is 0 Å². The van der Waals surface area contributed by atoms with Crippen molar-refractivity contribution >= 4 is 17.6 Å². The minimum absolute atomic E-state index is 0.112. The molecule has 1 heterocycles. The molecule has 0 spiro atoms. The number of aryl methyl sites for hydroxylation is 2. The fraction of sp³-hybridized carbons (Fsp3) is 0.412. The number of nitrogen functional groups attached to an aromatic ring is 1. The highest BCUT2D eigenvalue weighted by molar-refractivity contribution is 7.99. The smallest absolute Gasteiger partial charge is 0.137 e. The van der Waals surface area contributed by atoms with Gasteiger partial charge in [0.15, 0.2) is 0 Å². The van der Waals surface area contributed by atoms with Crippen LogP contribution in [0, 0.1) is 20.8 Å². The van der Waals surface area contributed by atoms with Gasteiger partial charge in [-0.1, -0.05) is 44.7 Å². The van der Waals surface area contributed by atoms with Crippen LogP contribution in [0.2, 0.25) is 0 Å². The molecule has 0 unspecified atom stereocenters.